The van der Waals surface area contributed by atoms with Crippen LogP contribution in [0.5, 0.6) is 5.75 Å². The second-order valence-electron chi connectivity index (χ2n) is 8.33. The predicted molar refractivity (Wildman–Crippen MR) is 127 cm³/mol. The number of hydrogen-bond acceptors (Lipinski definition) is 6. The van der Waals surface area contributed by atoms with E-state index in [1.54, 1.807) is 45.0 Å². The first kappa shape index (κ1) is 24.7. The van der Waals surface area contributed by atoms with Crippen LogP contribution < -0.4 is 15.1 Å². The molecule has 3 rings (SSSR count). The first-order valence-corrected chi connectivity index (χ1v) is 12.4. The summed E-state index contributed by atoms with van der Waals surface area (Å²) in [4.78, 5) is 25.3. The van der Waals surface area contributed by atoms with Crippen LogP contribution in [0.25, 0.3) is 11.0 Å². The normalized spacial score (nSPS) is 12.6. The van der Waals surface area contributed by atoms with Gasteiger partial charge in [0.05, 0.1) is 10.3 Å². The molecule has 0 amide bonds. The molecule has 0 saturated carbocycles. The van der Waals surface area contributed by atoms with Crippen LogP contribution in [0, 0.1) is 27.7 Å². The van der Waals surface area contributed by atoms with E-state index in [1.165, 1.54) is 12.1 Å². The Morgan fingerprint density at radius 2 is 1.70 bits per heavy atom. The van der Waals surface area contributed by atoms with E-state index < -0.39 is 27.7 Å². The molecule has 0 aliphatic rings. The van der Waals surface area contributed by atoms with Crippen LogP contribution in [0.2, 0.25) is 0 Å². The molecule has 3 aromatic rings. The summed E-state index contributed by atoms with van der Waals surface area (Å²) in [6.07, 6.45) is 1.71. The van der Waals surface area contributed by atoms with Gasteiger partial charge in [0.1, 0.15) is 17.4 Å². The molecule has 33 heavy (non-hydrogen) atoms. The van der Waals surface area contributed by atoms with Crippen molar-refractivity contribution in [3.8, 4) is 5.75 Å². The van der Waals surface area contributed by atoms with E-state index in [0.717, 1.165) is 17.5 Å². The quantitative estimate of drug-likeness (QED) is 0.295. The number of rotatable bonds is 8. The lowest BCUT2D eigenvalue weighted by atomic mass is 10.0. The Hall–Kier alpha value is -2.97. The van der Waals surface area contributed by atoms with Gasteiger partial charge >= 0.3 is 11.6 Å². The molecule has 1 N–H and O–H groups in total. The molecule has 2 aromatic carbocycles. The van der Waals surface area contributed by atoms with Crippen LogP contribution >= 0.6 is 0 Å². The van der Waals surface area contributed by atoms with E-state index in [1.807, 2.05) is 13.8 Å². The molecular weight excluding hydrogens is 442 g/mol. The van der Waals surface area contributed by atoms with Gasteiger partial charge in [-0.3, -0.25) is 0 Å². The molecule has 1 heterocycles. The topological polar surface area (TPSA) is 103 Å². The number of carbonyl (C=O) groups excluding carboxylic acids is 1. The maximum Gasteiger partial charge on any atom is 0.339 e. The summed E-state index contributed by atoms with van der Waals surface area (Å²) in [7, 11) is -3.93. The highest BCUT2D eigenvalue weighted by molar-refractivity contribution is 7.89. The fourth-order valence-electron chi connectivity index (χ4n) is 3.55. The molecule has 8 heteroatoms. The van der Waals surface area contributed by atoms with Gasteiger partial charge in [-0.05, 0) is 69.5 Å². The second kappa shape index (κ2) is 9.89. The van der Waals surface area contributed by atoms with Gasteiger partial charge in [-0.2, -0.15) is 4.72 Å². The monoisotopic (exact) mass is 471 g/mol. The van der Waals surface area contributed by atoms with Gasteiger partial charge in [0, 0.05) is 5.56 Å². The zero-order valence-corrected chi connectivity index (χ0v) is 20.3. The fraction of sp³-hybridized carbons (Fsp3) is 0.360. The van der Waals surface area contributed by atoms with Crippen LogP contribution in [0.1, 0.15) is 48.4 Å². The second-order valence-corrected chi connectivity index (χ2v) is 10.0. The van der Waals surface area contributed by atoms with Gasteiger partial charge in [-0.25, -0.2) is 18.0 Å². The molecule has 0 aliphatic carbocycles. The summed E-state index contributed by atoms with van der Waals surface area (Å²) < 4.78 is 39.4. The number of carbonyl (C=O) groups is 1. The van der Waals surface area contributed by atoms with Crippen molar-refractivity contribution >= 4 is 27.0 Å². The minimum atomic E-state index is -3.93. The van der Waals surface area contributed by atoms with Gasteiger partial charge in [0.15, 0.2) is 0 Å². The third-order valence-electron chi connectivity index (χ3n) is 5.63. The molecule has 0 radical (unpaired) electrons. The van der Waals surface area contributed by atoms with Crippen LogP contribution in [0.3, 0.4) is 0 Å². The smallest absolute Gasteiger partial charge is 0.339 e. The Labute approximate surface area is 193 Å². The number of nitrogens with one attached hydrogen (secondary N) is 1. The molecule has 0 bridgehead atoms. The maximum atomic E-state index is 13.2. The largest absolute Gasteiger partial charge is 0.425 e. The third-order valence-corrected chi connectivity index (χ3v) is 7.11. The average Bonchev–Trinajstić information content (AvgIpc) is 2.74. The van der Waals surface area contributed by atoms with E-state index >= 15 is 0 Å². The molecule has 7 nitrogen and oxygen atoms in total. The van der Waals surface area contributed by atoms with Crippen molar-refractivity contribution in [1.82, 2.24) is 4.72 Å². The summed E-state index contributed by atoms with van der Waals surface area (Å²) in [6, 6.07) is 8.72. The molecule has 176 valence electrons. The molecular formula is C25H29NO6S. The van der Waals surface area contributed by atoms with Gasteiger partial charge in [0.2, 0.25) is 10.0 Å². The summed E-state index contributed by atoms with van der Waals surface area (Å²) in [6.45, 7) is 9.02. The van der Waals surface area contributed by atoms with E-state index in [-0.39, 0.29) is 17.1 Å². The first-order valence-electron chi connectivity index (χ1n) is 10.9. The minimum absolute atomic E-state index is 0.0802. The highest BCUT2D eigenvalue weighted by atomic mass is 32.2. The predicted octanol–water partition coefficient (Wildman–Crippen LogP) is 4.47. The molecule has 1 aromatic heterocycles. The van der Waals surface area contributed by atoms with Crippen molar-refractivity contribution < 1.29 is 22.4 Å². The SMILES string of the molecule is CCCCC(NS(=O)(=O)c1ccc(C)cc1)C(=O)Oc1cc(C)cc2oc(=O)c(C)c(C)c12. The van der Waals surface area contributed by atoms with Crippen LogP contribution in [0.15, 0.2) is 50.5 Å². The van der Waals surface area contributed by atoms with Gasteiger partial charge < -0.3 is 9.15 Å². The van der Waals surface area contributed by atoms with E-state index in [9.17, 15) is 18.0 Å². The van der Waals surface area contributed by atoms with Crippen LogP contribution in [-0.2, 0) is 14.8 Å². The first-order chi connectivity index (χ1) is 15.5. The van der Waals surface area contributed by atoms with E-state index in [2.05, 4.69) is 4.72 Å². The van der Waals surface area contributed by atoms with E-state index in [0.29, 0.717) is 28.5 Å². The Morgan fingerprint density at radius 1 is 1.03 bits per heavy atom. The maximum absolute atomic E-state index is 13.2. The van der Waals surface area contributed by atoms with Crippen molar-refractivity contribution in [2.45, 2.75) is 64.8 Å². The van der Waals surface area contributed by atoms with Crippen molar-refractivity contribution in [2.75, 3.05) is 0 Å². The summed E-state index contributed by atoms with van der Waals surface area (Å²) in [5.41, 5.74) is 2.60. The van der Waals surface area contributed by atoms with Crippen molar-refractivity contribution in [3.05, 3.63) is 69.1 Å². The zero-order chi connectivity index (χ0) is 24.3. The number of aryl methyl sites for hydroxylation is 3. The standard InChI is InChI=1S/C25H29NO6S/c1-6-7-8-20(26-33(29,30)19-11-9-15(2)10-12-19)25(28)32-22-14-16(3)13-21-23(22)17(4)18(5)24(27)31-21/h9-14,20,26H,6-8H2,1-5H3. The lowest BCUT2D eigenvalue weighted by molar-refractivity contribution is -0.136. The zero-order valence-electron chi connectivity index (χ0n) is 19.5. The minimum Gasteiger partial charge on any atom is -0.425 e. The number of unbranched alkanes of at least 4 members (excludes halogenated alkanes) is 1. The van der Waals surface area contributed by atoms with E-state index in [4.69, 9.17) is 9.15 Å². The number of benzene rings is 2. The molecule has 0 aliphatic heterocycles. The molecule has 1 unspecified atom stereocenters. The van der Waals surface area contributed by atoms with Crippen LogP contribution in [-0.4, -0.2) is 20.4 Å². The lowest BCUT2D eigenvalue weighted by Crippen LogP contribution is -2.43. The van der Waals surface area contributed by atoms with Crippen molar-refractivity contribution in [2.24, 2.45) is 0 Å². The Kier molecular flexibility index (Phi) is 7.39. The highest BCUT2D eigenvalue weighted by Gasteiger charge is 2.28. The number of esters is 1. The lowest BCUT2D eigenvalue weighted by Gasteiger charge is -2.19. The van der Waals surface area contributed by atoms with Gasteiger partial charge in [0.25, 0.3) is 0 Å². The highest BCUT2D eigenvalue weighted by Crippen LogP contribution is 2.31. The van der Waals surface area contributed by atoms with Crippen LogP contribution in [0.4, 0.5) is 0 Å². The number of hydrogen-bond donors (Lipinski definition) is 1. The Balaban J connectivity index is 1.97. The van der Waals surface area contributed by atoms with Crippen molar-refractivity contribution in [1.29, 1.82) is 0 Å². The molecule has 0 fully saturated rings. The Morgan fingerprint density at radius 3 is 2.33 bits per heavy atom. The summed E-state index contributed by atoms with van der Waals surface area (Å²) >= 11 is 0. The Bertz CT molecular complexity index is 1340. The summed E-state index contributed by atoms with van der Waals surface area (Å²) in [5.74, 6) is -0.482. The van der Waals surface area contributed by atoms with Crippen molar-refractivity contribution in [3.63, 3.8) is 0 Å². The van der Waals surface area contributed by atoms with Gasteiger partial charge in [-0.1, -0.05) is 37.5 Å². The third kappa shape index (κ3) is 5.51. The molecule has 1 atom stereocenters. The number of ether oxygens (including phenoxy) is 1. The molecule has 0 saturated heterocycles. The van der Waals surface area contributed by atoms with Gasteiger partial charge in [-0.15, -0.1) is 0 Å². The average molecular weight is 472 g/mol. The number of fused-ring (bicyclic) bond motifs is 1. The fourth-order valence-corrected chi connectivity index (χ4v) is 4.77. The molecule has 0 spiro atoms. The summed E-state index contributed by atoms with van der Waals surface area (Å²) in [5, 5.41) is 0.515. The number of sulfonamides is 1.